The molecule has 3 N–H and O–H groups in total. The third-order valence-corrected chi connectivity index (χ3v) is 5.97. The van der Waals surface area contributed by atoms with E-state index in [9.17, 15) is 8.42 Å². The Balaban J connectivity index is 1.69. The van der Waals surface area contributed by atoms with Gasteiger partial charge in [-0.25, -0.2) is 13.1 Å². The maximum absolute atomic E-state index is 11.9. The molecule has 0 aromatic heterocycles. The highest BCUT2D eigenvalue weighted by molar-refractivity contribution is 8.00. The molecule has 1 unspecified atom stereocenters. The molecule has 1 aromatic carbocycles. The van der Waals surface area contributed by atoms with Crippen LogP contribution in [-0.2, 0) is 14.8 Å². The van der Waals surface area contributed by atoms with Crippen LogP contribution in [0.1, 0.15) is 12.8 Å². The van der Waals surface area contributed by atoms with E-state index in [2.05, 4.69) is 4.72 Å². The summed E-state index contributed by atoms with van der Waals surface area (Å²) in [5.74, 6) is 0.953. The quantitative estimate of drug-likeness (QED) is 0.587. The number of sulfonamides is 1. The molecule has 0 spiro atoms. The normalized spacial score (nSPS) is 19.5. The molecule has 1 heterocycles. The molecule has 1 saturated heterocycles. The van der Waals surface area contributed by atoms with Gasteiger partial charge in [0.2, 0.25) is 10.0 Å². The number of nitrogens with two attached hydrogens (primary N) is 1. The topological polar surface area (TPSA) is 81.4 Å². The van der Waals surface area contributed by atoms with Gasteiger partial charge in [-0.3, -0.25) is 0 Å². The van der Waals surface area contributed by atoms with E-state index in [1.54, 1.807) is 0 Å². The summed E-state index contributed by atoms with van der Waals surface area (Å²) < 4.78 is 31.9. The molecule has 118 valence electrons. The second kappa shape index (κ2) is 8.03. The van der Waals surface area contributed by atoms with Gasteiger partial charge >= 0.3 is 0 Å². The van der Waals surface area contributed by atoms with Crippen molar-refractivity contribution in [3.63, 3.8) is 0 Å². The Bertz CT molecular complexity index is 526. The molecule has 1 atom stereocenters. The van der Waals surface area contributed by atoms with Crippen molar-refractivity contribution in [3.05, 3.63) is 24.3 Å². The lowest BCUT2D eigenvalue weighted by Gasteiger charge is -2.22. The van der Waals surface area contributed by atoms with Crippen molar-refractivity contribution in [1.29, 1.82) is 0 Å². The molecule has 0 aliphatic carbocycles. The van der Waals surface area contributed by atoms with Crippen LogP contribution >= 0.6 is 11.8 Å². The Morgan fingerprint density at radius 3 is 2.76 bits per heavy atom. The van der Waals surface area contributed by atoms with Gasteiger partial charge in [0.05, 0.1) is 12.4 Å². The van der Waals surface area contributed by atoms with Crippen LogP contribution < -0.4 is 10.5 Å². The summed E-state index contributed by atoms with van der Waals surface area (Å²) in [7, 11) is -3.21. The van der Waals surface area contributed by atoms with Crippen LogP contribution in [0.4, 0.5) is 5.69 Å². The van der Waals surface area contributed by atoms with Crippen LogP contribution in [-0.4, -0.2) is 39.7 Å². The van der Waals surface area contributed by atoms with Crippen LogP contribution in [0.15, 0.2) is 29.2 Å². The number of nitrogen functional groups attached to an aromatic ring is 1. The zero-order valence-corrected chi connectivity index (χ0v) is 13.6. The van der Waals surface area contributed by atoms with Crippen molar-refractivity contribution in [2.45, 2.75) is 17.7 Å². The lowest BCUT2D eigenvalue weighted by molar-refractivity contribution is 0.0568. The van der Waals surface area contributed by atoms with Crippen LogP contribution in [0, 0.1) is 5.92 Å². The van der Waals surface area contributed by atoms with Crippen LogP contribution in [0.3, 0.4) is 0 Å². The number of benzene rings is 1. The highest BCUT2D eigenvalue weighted by Gasteiger charge is 2.17. The molecule has 0 bridgehead atoms. The minimum Gasteiger partial charge on any atom is -0.399 e. The second-order valence-electron chi connectivity index (χ2n) is 5.17. The number of hydrogen-bond acceptors (Lipinski definition) is 5. The Hall–Kier alpha value is -0.760. The maximum atomic E-state index is 11.9. The molecule has 5 nitrogen and oxygen atoms in total. The first-order valence-electron chi connectivity index (χ1n) is 7.08. The fourth-order valence-corrected chi connectivity index (χ4v) is 4.53. The lowest BCUT2D eigenvalue weighted by Crippen LogP contribution is -2.35. The zero-order chi connectivity index (χ0) is 15.1. The molecule has 1 aromatic rings. The summed E-state index contributed by atoms with van der Waals surface area (Å²) in [6.07, 6.45) is 2.04. The molecule has 1 aliphatic rings. The van der Waals surface area contributed by atoms with Crippen molar-refractivity contribution in [3.8, 4) is 0 Å². The number of anilines is 1. The number of thioether (sulfide) groups is 1. The molecule has 0 radical (unpaired) electrons. The van der Waals surface area contributed by atoms with E-state index in [4.69, 9.17) is 10.5 Å². The van der Waals surface area contributed by atoms with Gasteiger partial charge in [-0.15, -0.1) is 11.8 Å². The molecule has 0 amide bonds. The second-order valence-corrected chi connectivity index (χ2v) is 8.26. The van der Waals surface area contributed by atoms with Crippen LogP contribution in [0.2, 0.25) is 0 Å². The Morgan fingerprint density at radius 1 is 1.33 bits per heavy atom. The fraction of sp³-hybridized carbons (Fsp3) is 0.571. The smallest absolute Gasteiger partial charge is 0.212 e. The summed E-state index contributed by atoms with van der Waals surface area (Å²) in [4.78, 5) is 1.03. The van der Waals surface area contributed by atoms with Crippen LogP contribution in [0.25, 0.3) is 0 Å². The van der Waals surface area contributed by atoms with Gasteiger partial charge in [0, 0.05) is 29.5 Å². The summed E-state index contributed by atoms with van der Waals surface area (Å²) >= 11 is 1.52. The molecule has 21 heavy (non-hydrogen) atoms. The average molecular weight is 330 g/mol. The standard InChI is InChI=1S/C14H22N2O3S2/c15-13-3-5-14(6-4-13)20-8-9-21(17,18)16-10-12-2-1-7-19-11-12/h3-6,12,16H,1-2,7-11,15H2. The van der Waals surface area contributed by atoms with Gasteiger partial charge in [-0.1, -0.05) is 0 Å². The van der Waals surface area contributed by atoms with Crippen molar-refractivity contribution in [2.75, 3.05) is 37.0 Å². The fourth-order valence-electron chi connectivity index (χ4n) is 2.12. The predicted molar refractivity (Wildman–Crippen MR) is 86.9 cm³/mol. The number of nitrogens with one attached hydrogen (secondary N) is 1. The van der Waals surface area contributed by atoms with Gasteiger partial charge in [-0.2, -0.15) is 0 Å². The van der Waals surface area contributed by atoms with Crippen molar-refractivity contribution in [1.82, 2.24) is 4.72 Å². The Kier molecular flexibility index (Phi) is 6.35. The highest BCUT2D eigenvalue weighted by atomic mass is 32.2. The molecular weight excluding hydrogens is 308 g/mol. The van der Waals surface area contributed by atoms with Gasteiger partial charge in [0.15, 0.2) is 0 Å². The number of hydrogen-bond donors (Lipinski definition) is 2. The van der Waals surface area contributed by atoms with E-state index in [1.165, 1.54) is 11.8 Å². The predicted octanol–water partition coefficient (Wildman–Crippen LogP) is 1.71. The van der Waals surface area contributed by atoms with Crippen molar-refractivity contribution >= 4 is 27.5 Å². The van der Waals surface area contributed by atoms with E-state index < -0.39 is 10.0 Å². The summed E-state index contributed by atoms with van der Waals surface area (Å²) in [5.41, 5.74) is 6.32. The lowest BCUT2D eigenvalue weighted by atomic mass is 10.0. The summed E-state index contributed by atoms with van der Waals surface area (Å²) in [5, 5.41) is 0. The molecule has 7 heteroatoms. The van der Waals surface area contributed by atoms with Gasteiger partial charge in [-0.05, 0) is 43.0 Å². The molecular formula is C14H22N2O3S2. The number of ether oxygens (including phenoxy) is 1. The van der Waals surface area contributed by atoms with E-state index in [0.29, 0.717) is 30.5 Å². The van der Waals surface area contributed by atoms with E-state index in [0.717, 1.165) is 24.3 Å². The third kappa shape index (κ3) is 6.25. The Morgan fingerprint density at radius 2 is 2.10 bits per heavy atom. The van der Waals surface area contributed by atoms with Gasteiger partial charge in [0.25, 0.3) is 0 Å². The largest absolute Gasteiger partial charge is 0.399 e. The zero-order valence-electron chi connectivity index (χ0n) is 12.0. The average Bonchev–Trinajstić information content (AvgIpc) is 2.48. The highest BCUT2D eigenvalue weighted by Crippen LogP contribution is 2.19. The molecule has 2 rings (SSSR count). The van der Waals surface area contributed by atoms with E-state index in [-0.39, 0.29) is 5.75 Å². The third-order valence-electron chi connectivity index (χ3n) is 3.35. The minimum absolute atomic E-state index is 0.121. The first-order valence-corrected chi connectivity index (χ1v) is 9.72. The Labute approximate surface area is 130 Å². The van der Waals surface area contributed by atoms with Crippen molar-refractivity contribution < 1.29 is 13.2 Å². The van der Waals surface area contributed by atoms with Gasteiger partial charge in [0.1, 0.15) is 0 Å². The maximum Gasteiger partial charge on any atom is 0.212 e. The van der Waals surface area contributed by atoms with E-state index in [1.807, 2.05) is 24.3 Å². The SMILES string of the molecule is Nc1ccc(SCCS(=O)(=O)NCC2CCCOC2)cc1. The van der Waals surface area contributed by atoms with Crippen LogP contribution in [0.5, 0.6) is 0 Å². The van der Waals surface area contributed by atoms with Gasteiger partial charge < -0.3 is 10.5 Å². The monoisotopic (exact) mass is 330 g/mol. The van der Waals surface area contributed by atoms with E-state index >= 15 is 0 Å². The van der Waals surface area contributed by atoms with Crippen molar-refractivity contribution in [2.24, 2.45) is 5.92 Å². The summed E-state index contributed by atoms with van der Waals surface area (Å²) in [6.45, 7) is 1.93. The molecule has 1 fully saturated rings. The molecule has 1 aliphatic heterocycles. The summed E-state index contributed by atoms with van der Waals surface area (Å²) in [6, 6.07) is 7.44. The molecule has 0 saturated carbocycles. The minimum atomic E-state index is -3.21. The first-order chi connectivity index (χ1) is 10.1. The number of rotatable bonds is 7. The first kappa shape index (κ1) is 16.6.